The number of carbonyl (C=O) groups is 1. The molecule has 0 bridgehead atoms. The minimum absolute atomic E-state index is 0.0260. The molecule has 0 atom stereocenters. The number of H-pyrrole nitrogens is 1. The van der Waals surface area contributed by atoms with Crippen molar-refractivity contribution in [3.63, 3.8) is 0 Å². The number of hydrogen-bond acceptors (Lipinski definition) is 6. The van der Waals surface area contributed by atoms with E-state index in [4.69, 9.17) is 4.74 Å². The van der Waals surface area contributed by atoms with Gasteiger partial charge in [-0.1, -0.05) is 29.5 Å². The van der Waals surface area contributed by atoms with Crippen molar-refractivity contribution < 1.29 is 9.53 Å². The Balaban J connectivity index is 1.39. The van der Waals surface area contributed by atoms with Crippen molar-refractivity contribution in [2.24, 2.45) is 0 Å². The monoisotopic (exact) mass is 421 g/mol. The number of nitrogens with zero attached hydrogens (tertiary/aromatic N) is 5. The maximum atomic E-state index is 12.2. The second-order valence-corrected chi connectivity index (χ2v) is 7.36. The van der Waals surface area contributed by atoms with E-state index in [0.717, 1.165) is 40.6 Å². The molecule has 4 rings (SSSR count). The van der Waals surface area contributed by atoms with Crippen molar-refractivity contribution >= 4 is 18.1 Å². The molecular weight excluding hydrogens is 394 g/mol. The lowest BCUT2D eigenvalue weighted by atomic mass is 10.2. The van der Waals surface area contributed by atoms with Gasteiger partial charge in [-0.3, -0.25) is 14.8 Å². The summed E-state index contributed by atoms with van der Waals surface area (Å²) in [6.45, 7) is 7.82. The molecule has 0 radical (unpaired) electrons. The maximum absolute atomic E-state index is 12.2. The fourth-order valence-electron chi connectivity index (χ4n) is 3.56. The molecule has 3 aromatic rings. The van der Waals surface area contributed by atoms with Gasteiger partial charge in [0, 0.05) is 24.9 Å². The third-order valence-corrected chi connectivity index (χ3v) is 5.31. The van der Waals surface area contributed by atoms with Gasteiger partial charge in [-0.15, -0.1) is 5.10 Å². The van der Waals surface area contributed by atoms with E-state index >= 15 is 0 Å². The van der Waals surface area contributed by atoms with Crippen LogP contribution in [0.15, 0.2) is 30.5 Å². The molecule has 2 aromatic heterocycles. The zero-order valence-corrected chi connectivity index (χ0v) is 17.8. The van der Waals surface area contributed by atoms with Gasteiger partial charge in [0.1, 0.15) is 11.4 Å². The Kier molecular flexibility index (Phi) is 6.54. The first-order valence-corrected chi connectivity index (χ1v) is 10.4. The molecule has 31 heavy (non-hydrogen) atoms. The highest BCUT2D eigenvalue weighted by molar-refractivity contribution is 5.78. The number of morpholine rings is 1. The van der Waals surface area contributed by atoms with Crippen molar-refractivity contribution in [2.45, 2.75) is 20.4 Å². The number of aromatic nitrogens is 5. The van der Waals surface area contributed by atoms with Gasteiger partial charge in [-0.2, -0.15) is 5.10 Å². The van der Waals surface area contributed by atoms with Crippen molar-refractivity contribution in [3.8, 4) is 17.1 Å². The lowest BCUT2D eigenvalue weighted by molar-refractivity contribution is -0.123. The van der Waals surface area contributed by atoms with E-state index in [0.29, 0.717) is 32.0 Å². The predicted octanol–water partition coefficient (Wildman–Crippen LogP) is 0.207. The lowest BCUT2D eigenvalue weighted by Crippen LogP contribution is -2.43. The van der Waals surface area contributed by atoms with Gasteiger partial charge < -0.3 is 10.1 Å². The molecule has 0 aliphatic carbocycles. The number of aromatic amines is 1. The van der Waals surface area contributed by atoms with E-state index in [1.807, 2.05) is 56.5 Å². The predicted molar refractivity (Wildman–Crippen MR) is 118 cm³/mol. The molecule has 0 saturated carbocycles. The van der Waals surface area contributed by atoms with Crippen LogP contribution in [0.1, 0.15) is 19.4 Å². The van der Waals surface area contributed by atoms with E-state index in [9.17, 15) is 4.79 Å². The van der Waals surface area contributed by atoms with Crippen LogP contribution in [0.5, 0.6) is 0 Å². The van der Waals surface area contributed by atoms with Crippen molar-refractivity contribution in [2.75, 3.05) is 32.8 Å². The Morgan fingerprint density at radius 1 is 1.19 bits per heavy atom. The summed E-state index contributed by atoms with van der Waals surface area (Å²) in [5.41, 5.74) is 3.40. The molecule has 3 heterocycles. The summed E-state index contributed by atoms with van der Waals surface area (Å²) in [7, 11) is 0. The highest BCUT2D eigenvalue weighted by Crippen LogP contribution is 2.13. The van der Waals surface area contributed by atoms with E-state index in [1.54, 1.807) is 4.68 Å². The normalized spacial score (nSPS) is 16.1. The smallest absolute Gasteiger partial charge is 0.234 e. The van der Waals surface area contributed by atoms with Crippen molar-refractivity contribution in [1.29, 1.82) is 0 Å². The van der Waals surface area contributed by atoms with Gasteiger partial charge in [0.05, 0.1) is 37.0 Å². The van der Waals surface area contributed by atoms with Crippen molar-refractivity contribution in [1.82, 2.24) is 35.4 Å². The molecule has 0 spiro atoms. The third kappa shape index (κ3) is 4.89. The van der Waals surface area contributed by atoms with Gasteiger partial charge >= 0.3 is 0 Å². The van der Waals surface area contributed by atoms with Crippen LogP contribution in [0.3, 0.4) is 0 Å². The molecule has 1 aliphatic rings. The molecule has 2 N–H and O–H groups in total. The number of rotatable bonds is 6. The zero-order chi connectivity index (χ0) is 21.6. The first-order chi connectivity index (χ1) is 15.2. The first kappa shape index (κ1) is 21.0. The summed E-state index contributed by atoms with van der Waals surface area (Å²) in [6, 6.07) is 7.89. The van der Waals surface area contributed by atoms with E-state index < -0.39 is 0 Å². The van der Waals surface area contributed by atoms with Crippen LogP contribution in [0.25, 0.3) is 29.2 Å². The highest BCUT2D eigenvalue weighted by Gasteiger charge is 2.14. The molecule has 1 aromatic carbocycles. The Hall–Kier alpha value is -3.30. The number of ether oxygens (including phenoxy) is 1. The van der Waals surface area contributed by atoms with Crippen LogP contribution in [0.2, 0.25) is 0 Å². The zero-order valence-electron chi connectivity index (χ0n) is 17.8. The minimum Gasteiger partial charge on any atom is -0.379 e. The van der Waals surface area contributed by atoms with Crippen molar-refractivity contribution in [3.05, 3.63) is 46.6 Å². The highest BCUT2D eigenvalue weighted by atomic mass is 16.5. The molecule has 9 heteroatoms. The summed E-state index contributed by atoms with van der Waals surface area (Å²) in [4.78, 5) is 14.3. The maximum Gasteiger partial charge on any atom is 0.234 e. The van der Waals surface area contributed by atoms with E-state index in [2.05, 4.69) is 30.7 Å². The van der Waals surface area contributed by atoms with Crippen LogP contribution in [0, 0.1) is 0 Å². The molecular formula is C22H27N7O2. The Labute approximate surface area is 180 Å². The number of carbonyl (C=O) groups excluding carboxylic acids is 1. The van der Waals surface area contributed by atoms with Crippen LogP contribution in [0.4, 0.5) is 0 Å². The van der Waals surface area contributed by atoms with Crippen LogP contribution < -0.4 is 15.9 Å². The van der Waals surface area contributed by atoms with Gasteiger partial charge in [-0.25, -0.2) is 4.68 Å². The summed E-state index contributed by atoms with van der Waals surface area (Å²) < 4.78 is 7.03. The Morgan fingerprint density at radius 2 is 1.97 bits per heavy atom. The minimum atomic E-state index is 0.0260. The second-order valence-electron chi connectivity index (χ2n) is 7.36. The number of benzene rings is 1. The second kappa shape index (κ2) is 9.67. The standard InChI is InChI=1S/C22H27N7O2/c1-3-18-19(4-2)24-26-22(18)20-14-29(27-25-20)17-7-5-16(6-8-17)13-23-21(30)15-28-9-11-31-12-10-28/h3-8,14,24H,9-13,15H2,1-2H3,(H,23,30)/b18-3+,19-4+. The molecule has 1 fully saturated rings. The molecule has 162 valence electrons. The molecule has 1 amide bonds. The fraction of sp³-hybridized carbons (Fsp3) is 0.364. The molecule has 1 aliphatic heterocycles. The van der Waals surface area contributed by atoms with Gasteiger partial charge in [0.25, 0.3) is 0 Å². The average Bonchev–Trinajstić information content (AvgIpc) is 3.45. The molecule has 9 nitrogen and oxygen atoms in total. The van der Waals surface area contributed by atoms with Gasteiger partial charge in [0.15, 0.2) is 0 Å². The Bertz CT molecular complexity index is 1140. The molecule has 0 unspecified atom stereocenters. The average molecular weight is 422 g/mol. The SMILES string of the molecule is C/C=c1/c(-c2cn(-c3ccc(CNC(=O)CN4CCOCC4)cc3)nn2)n[nH]/c1=C/C. The van der Waals surface area contributed by atoms with Gasteiger partial charge in [0.2, 0.25) is 5.91 Å². The summed E-state index contributed by atoms with van der Waals surface area (Å²) in [6.07, 6.45) is 5.85. The van der Waals surface area contributed by atoms with Crippen LogP contribution in [-0.4, -0.2) is 68.8 Å². The topological polar surface area (TPSA) is 101 Å². The number of nitrogens with one attached hydrogen (secondary N) is 2. The number of hydrogen-bond donors (Lipinski definition) is 2. The summed E-state index contributed by atoms with van der Waals surface area (Å²) in [5, 5.41) is 20.9. The third-order valence-electron chi connectivity index (χ3n) is 5.31. The van der Waals surface area contributed by atoms with Crippen LogP contribution >= 0.6 is 0 Å². The fourth-order valence-corrected chi connectivity index (χ4v) is 3.56. The lowest BCUT2D eigenvalue weighted by Gasteiger charge is -2.25. The first-order valence-electron chi connectivity index (χ1n) is 10.4. The van der Waals surface area contributed by atoms with E-state index in [1.165, 1.54) is 0 Å². The summed E-state index contributed by atoms with van der Waals surface area (Å²) in [5.74, 6) is 0.0260. The van der Waals surface area contributed by atoms with Crippen LogP contribution in [-0.2, 0) is 16.1 Å². The van der Waals surface area contributed by atoms with E-state index in [-0.39, 0.29) is 5.91 Å². The largest absolute Gasteiger partial charge is 0.379 e. The Morgan fingerprint density at radius 3 is 2.68 bits per heavy atom. The van der Waals surface area contributed by atoms with Gasteiger partial charge in [-0.05, 0) is 31.5 Å². The quantitative estimate of drug-likeness (QED) is 0.590. The number of amides is 1. The summed E-state index contributed by atoms with van der Waals surface area (Å²) >= 11 is 0. The molecule has 1 saturated heterocycles.